The predicted octanol–water partition coefficient (Wildman–Crippen LogP) is 3.06. The Labute approximate surface area is 189 Å². The third-order valence-electron chi connectivity index (χ3n) is 5.20. The minimum Gasteiger partial charge on any atom is -0.493 e. The zero-order valence-electron chi connectivity index (χ0n) is 17.2. The van der Waals surface area contributed by atoms with Gasteiger partial charge in [-0.2, -0.15) is 5.10 Å². The average Bonchev–Trinajstić information content (AvgIpc) is 3.45. The first kappa shape index (κ1) is 21.9. The fourth-order valence-electron chi connectivity index (χ4n) is 3.50. The Hall–Kier alpha value is -1.84. The molecule has 1 atom stereocenters. The van der Waals surface area contributed by atoms with E-state index >= 15 is 0 Å². The Morgan fingerprint density at radius 1 is 1.28 bits per heavy atom. The van der Waals surface area contributed by atoms with E-state index in [4.69, 9.17) is 9.73 Å². The molecule has 2 N–H and O–H groups in total. The van der Waals surface area contributed by atoms with Crippen LogP contribution in [0.4, 0.5) is 0 Å². The van der Waals surface area contributed by atoms with Crippen molar-refractivity contribution in [2.24, 2.45) is 10.9 Å². The van der Waals surface area contributed by atoms with Crippen LogP contribution in [0.15, 0.2) is 29.3 Å². The summed E-state index contributed by atoms with van der Waals surface area (Å²) in [5.41, 5.74) is 1.12. The number of rotatable bonds is 7. The number of hydrogen-bond acceptors (Lipinski definition) is 4. The van der Waals surface area contributed by atoms with E-state index in [0.717, 1.165) is 67.4 Å². The van der Waals surface area contributed by atoms with E-state index in [9.17, 15) is 0 Å². The highest BCUT2D eigenvalue weighted by Gasteiger charge is 2.23. The summed E-state index contributed by atoms with van der Waals surface area (Å²) in [5.74, 6) is 4.46. The molecule has 0 saturated heterocycles. The second-order valence-electron chi connectivity index (χ2n) is 7.69. The van der Waals surface area contributed by atoms with Crippen LogP contribution < -0.4 is 15.4 Å². The highest BCUT2D eigenvalue weighted by molar-refractivity contribution is 14.0. The van der Waals surface area contributed by atoms with Crippen molar-refractivity contribution >= 4 is 29.9 Å². The summed E-state index contributed by atoms with van der Waals surface area (Å²) >= 11 is 0. The third-order valence-corrected chi connectivity index (χ3v) is 5.20. The largest absolute Gasteiger partial charge is 0.493 e. The van der Waals surface area contributed by atoms with Crippen LogP contribution in [-0.2, 0) is 19.5 Å². The number of para-hydroxylation sites is 1. The molecule has 1 aromatic heterocycles. The number of guanidine groups is 1. The number of fused-ring (bicyclic) bond motifs is 1. The van der Waals surface area contributed by atoms with E-state index in [1.54, 1.807) is 0 Å². The van der Waals surface area contributed by atoms with Crippen molar-refractivity contribution in [3.05, 3.63) is 41.5 Å². The first-order chi connectivity index (χ1) is 13.7. The molecule has 0 bridgehead atoms. The lowest BCUT2D eigenvalue weighted by atomic mass is 10.1. The number of benzene rings is 1. The van der Waals surface area contributed by atoms with E-state index in [1.165, 1.54) is 12.8 Å². The quantitative estimate of drug-likeness (QED) is 0.340. The maximum atomic E-state index is 6.02. The monoisotopic (exact) mass is 510 g/mol. The Morgan fingerprint density at radius 2 is 2.10 bits per heavy atom. The molecule has 0 amide bonds. The Bertz CT molecular complexity index is 832. The zero-order valence-corrected chi connectivity index (χ0v) is 19.6. The van der Waals surface area contributed by atoms with E-state index in [-0.39, 0.29) is 24.0 Å². The summed E-state index contributed by atoms with van der Waals surface area (Å²) in [6, 6.07) is 8.51. The van der Waals surface area contributed by atoms with Gasteiger partial charge in [0.25, 0.3) is 0 Å². The van der Waals surface area contributed by atoms with Gasteiger partial charge in [0, 0.05) is 24.6 Å². The summed E-state index contributed by atoms with van der Waals surface area (Å²) in [4.78, 5) is 9.30. The maximum Gasteiger partial charge on any atom is 0.191 e. The first-order valence-corrected chi connectivity index (χ1v) is 10.4. The van der Waals surface area contributed by atoms with Gasteiger partial charge in [-0.25, -0.2) is 14.7 Å². The fourth-order valence-corrected chi connectivity index (χ4v) is 3.50. The molecule has 1 aromatic carbocycles. The van der Waals surface area contributed by atoms with Gasteiger partial charge in [-0.15, -0.1) is 24.0 Å². The molecule has 29 heavy (non-hydrogen) atoms. The highest BCUT2D eigenvalue weighted by atomic mass is 127. The molecule has 2 aromatic rings. The Morgan fingerprint density at radius 3 is 2.90 bits per heavy atom. The number of nitrogens with zero attached hydrogens (tertiary/aromatic N) is 4. The minimum absolute atomic E-state index is 0. The molecular weight excluding hydrogens is 479 g/mol. The van der Waals surface area contributed by atoms with Crippen LogP contribution in [0.2, 0.25) is 0 Å². The molecule has 1 saturated carbocycles. The summed E-state index contributed by atoms with van der Waals surface area (Å²) in [6.45, 7) is 7.09. The zero-order chi connectivity index (χ0) is 19.3. The lowest BCUT2D eigenvalue weighted by molar-refractivity contribution is 0.297. The Balaban J connectivity index is 0.00000240. The lowest BCUT2D eigenvalue weighted by Gasteiger charge is -2.25. The number of ether oxygens (including phenoxy) is 1. The van der Waals surface area contributed by atoms with Crippen LogP contribution in [-0.4, -0.2) is 39.9 Å². The summed E-state index contributed by atoms with van der Waals surface area (Å²) < 4.78 is 8.03. The van der Waals surface area contributed by atoms with E-state index < -0.39 is 0 Å². The van der Waals surface area contributed by atoms with E-state index in [1.807, 2.05) is 29.8 Å². The van der Waals surface area contributed by atoms with Crippen LogP contribution in [0.5, 0.6) is 5.75 Å². The van der Waals surface area contributed by atoms with Gasteiger partial charge in [0.05, 0.1) is 19.7 Å². The van der Waals surface area contributed by atoms with Gasteiger partial charge in [0.15, 0.2) is 5.96 Å². The molecule has 0 radical (unpaired) electrons. The fraction of sp³-hybridized carbons (Fsp3) is 0.571. The molecule has 4 rings (SSSR count). The van der Waals surface area contributed by atoms with Gasteiger partial charge in [-0.3, -0.25) is 0 Å². The highest BCUT2D eigenvalue weighted by Crippen LogP contribution is 2.30. The molecule has 1 aliphatic carbocycles. The van der Waals surface area contributed by atoms with Crippen LogP contribution in [0, 0.1) is 12.8 Å². The smallest absolute Gasteiger partial charge is 0.191 e. The van der Waals surface area contributed by atoms with Crippen LogP contribution in [0.1, 0.15) is 43.4 Å². The van der Waals surface area contributed by atoms with E-state index in [2.05, 4.69) is 33.7 Å². The van der Waals surface area contributed by atoms with E-state index in [0.29, 0.717) is 12.6 Å². The molecule has 7 nitrogen and oxygen atoms in total. The van der Waals surface area contributed by atoms with Gasteiger partial charge in [-0.1, -0.05) is 18.2 Å². The first-order valence-electron chi connectivity index (χ1n) is 10.4. The van der Waals surface area contributed by atoms with Crippen molar-refractivity contribution < 1.29 is 4.74 Å². The lowest BCUT2D eigenvalue weighted by Crippen LogP contribution is -2.47. The van der Waals surface area contributed by atoms with Crippen LogP contribution in [0.3, 0.4) is 0 Å². The summed E-state index contributed by atoms with van der Waals surface area (Å²) in [7, 11) is 0. The van der Waals surface area contributed by atoms with Gasteiger partial charge >= 0.3 is 0 Å². The van der Waals surface area contributed by atoms with Gasteiger partial charge in [0.1, 0.15) is 17.4 Å². The summed E-state index contributed by atoms with van der Waals surface area (Å²) in [6.07, 6.45) is 4.56. The van der Waals surface area contributed by atoms with Crippen molar-refractivity contribution in [1.29, 1.82) is 0 Å². The summed E-state index contributed by atoms with van der Waals surface area (Å²) in [5, 5.41) is 11.4. The third kappa shape index (κ3) is 6.07. The minimum atomic E-state index is 0. The van der Waals surface area contributed by atoms with Gasteiger partial charge < -0.3 is 15.4 Å². The normalized spacial score (nSPS) is 18.6. The van der Waals surface area contributed by atoms with Gasteiger partial charge in [0.2, 0.25) is 0 Å². The molecule has 8 heteroatoms. The number of aryl methyl sites for hydroxylation is 2. The van der Waals surface area contributed by atoms with Crippen molar-refractivity contribution in [1.82, 2.24) is 25.4 Å². The topological polar surface area (TPSA) is 76.4 Å². The predicted molar refractivity (Wildman–Crippen MR) is 125 cm³/mol. The molecule has 0 spiro atoms. The molecule has 2 heterocycles. The van der Waals surface area contributed by atoms with Crippen LogP contribution >= 0.6 is 24.0 Å². The maximum absolute atomic E-state index is 6.02. The molecule has 1 unspecified atom stereocenters. The van der Waals surface area contributed by atoms with Crippen molar-refractivity contribution in [3.8, 4) is 5.75 Å². The molecule has 1 fully saturated rings. The second-order valence-corrected chi connectivity index (χ2v) is 7.69. The van der Waals surface area contributed by atoms with Crippen molar-refractivity contribution in [2.45, 2.75) is 58.7 Å². The molecule has 158 valence electrons. The number of aliphatic imine (C=N–C) groups is 1. The second kappa shape index (κ2) is 10.3. The van der Waals surface area contributed by atoms with Crippen molar-refractivity contribution in [3.63, 3.8) is 0 Å². The SMILES string of the molecule is CCNC(=NCc1ccccc1OCC1CC1)NC1CCc2nc(C)nn2C1.I. The standard InChI is InChI=1S/C21H30N6O.HI/c1-3-22-21(25-18-10-11-20-24-15(2)26-27(20)13-18)23-12-17-6-4-5-7-19(17)28-14-16-8-9-16;/h4-7,16,18H,3,8-14H2,1-2H3,(H2,22,23,25);1H. The Kier molecular flexibility index (Phi) is 7.74. The molecular formula is C21H31IN6O. The molecule has 1 aliphatic heterocycles. The van der Waals surface area contributed by atoms with Crippen molar-refractivity contribution in [2.75, 3.05) is 13.2 Å². The number of nitrogens with one attached hydrogen (secondary N) is 2. The average molecular weight is 510 g/mol. The number of aromatic nitrogens is 3. The van der Waals surface area contributed by atoms with Crippen LogP contribution in [0.25, 0.3) is 0 Å². The number of hydrogen-bond donors (Lipinski definition) is 2. The van der Waals surface area contributed by atoms with Gasteiger partial charge in [-0.05, 0) is 45.1 Å². The molecule has 2 aliphatic rings. The number of halogens is 1.